The lowest BCUT2D eigenvalue weighted by molar-refractivity contribution is -0.150. The number of aliphatic hydroxyl groups is 1. The van der Waals surface area contributed by atoms with Crippen LogP contribution in [0.5, 0.6) is 0 Å². The molecule has 2 atom stereocenters. The van der Waals surface area contributed by atoms with Crippen LogP contribution < -0.4 is 10.6 Å². The molecule has 0 radical (unpaired) electrons. The van der Waals surface area contributed by atoms with Gasteiger partial charge < -0.3 is 25.6 Å². The Hall–Kier alpha value is -2.94. The van der Waals surface area contributed by atoms with Gasteiger partial charge in [-0.25, -0.2) is 4.79 Å². The Balaban J connectivity index is 4.38. The van der Waals surface area contributed by atoms with Gasteiger partial charge in [0.25, 0.3) is 0 Å². The van der Waals surface area contributed by atoms with Crippen LogP contribution in [0.3, 0.4) is 0 Å². The van der Waals surface area contributed by atoms with Crippen LogP contribution in [0.15, 0.2) is 36.5 Å². The number of ether oxygens (including phenoxy) is 1. The maximum Gasteiger partial charge on any atom is 0.328 e. The molecule has 2 amide bonds. The third-order valence-electron chi connectivity index (χ3n) is 8.86. The Kier molecular flexibility index (Phi) is 34.7. The maximum absolute atomic E-state index is 12.7. The molecule has 9 heteroatoms. The fourth-order valence-electron chi connectivity index (χ4n) is 5.69. The highest BCUT2D eigenvalue weighted by atomic mass is 16.5. The number of hydrogen-bond acceptors (Lipinski definition) is 6. The van der Waals surface area contributed by atoms with Gasteiger partial charge in [0.05, 0.1) is 13.2 Å². The van der Waals surface area contributed by atoms with Crippen LogP contribution >= 0.6 is 0 Å². The first-order valence-electron chi connectivity index (χ1n) is 20.4. The van der Waals surface area contributed by atoms with E-state index in [0.29, 0.717) is 12.8 Å². The molecule has 0 spiro atoms. The molecule has 0 fully saturated rings. The lowest BCUT2D eigenvalue weighted by Gasteiger charge is -2.18. The quantitative estimate of drug-likeness (QED) is 0.0287. The first-order chi connectivity index (χ1) is 24.8. The van der Waals surface area contributed by atoms with Gasteiger partial charge in [-0.2, -0.15) is 0 Å². The van der Waals surface area contributed by atoms with Crippen molar-refractivity contribution in [2.75, 3.05) is 13.2 Å². The topological polar surface area (TPSA) is 142 Å². The third kappa shape index (κ3) is 33.9. The molecule has 4 N–H and O–H groups in total. The van der Waals surface area contributed by atoms with Crippen molar-refractivity contribution in [2.24, 2.45) is 0 Å². The zero-order valence-corrected chi connectivity index (χ0v) is 32.4. The minimum Gasteiger partial charge on any atom is -0.480 e. The number of allylic oxidation sites excluding steroid dienone is 6. The number of carbonyl (C=O) groups excluding carboxylic acids is 3. The summed E-state index contributed by atoms with van der Waals surface area (Å²) in [7, 11) is 0. The first kappa shape index (κ1) is 48.1. The smallest absolute Gasteiger partial charge is 0.328 e. The number of carboxylic acid groups (broad SMARTS) is 1. The number of carbonyl (C=O) groups is 4. The van der Waals surface area contributed by atoms with Crippen LogP contribution in [-0.2, 0) is 23.9 Å². The molecule has 2 unspecified atom stereocenters. The van der Waals surface area contributed by atoms with Crippen LogP contribution in [0, 0.1) is 0 Å². The van der Waals surface area contributed by atoms with Gasteiger partial charge in [-0.05, 0) is 89.9 Å². The summed E-state index contributed by atoms with van der Waals surface area (Å²) >= 11 is 0. The highest BCUT2D eigenvalue weighted by Gasteiger charge is 2.19. The number of aliphatic carboxylic acids is 1. The van der Waals surface area contributed by atoms with Crippen molar-refractivity contribution in [3.05, 3.63) is 36.5 Å². The van der Waals surface area contributed by atoms with Gasteiger partial charge in [0.2, 0.25) is 11.8 Å². The molecule has 294 valence electrons. The zero-order chi connectivity index (χ0) is 37.6. The lowest BCUT2D eigenvalue weighted by Crippen LogP contribution is -2.47. The normalized spacial score (nSPS) is 12.8. The summed E-state index contributed by atoms with van der Waals surface area (Å²) in [6.45, 7) is 3.41. The fourth-order valence-corrected chi connectivity index (χ4v) is 5.69. The summed E-state index contributed by atoms with van der Waals surface area (Å²) in [6.07, 6.45) is 40.2. The maximum atomic E-state index is 12.7. The van der Waals surface area contributed by atoms with Crippen molar-refractivity contribution in [1.82, 2.24) is 10.6 Å². The van der Waals surface area contributed by atoms with Crippen molar-refractivity contribution < 1.29 is 34.1 Å². The Morgan fingerprint density at radius 3 is 1.67 bits per heavy atom. The average Bonchev–Trinajstić information content (AvgIpc) is 3.11. The second-order valence-corrected chi connectivity index (χ2v) is 13.7. The SMILES string of the molecule is CCCCC/C=C\C/C=C\CCCC(CCCCCCCC(=O)NCC(=O)NC(CO)C(=O)O)OC(=O)CCCCCCC/C=C\CCCCC. The van der Waals surface area contributed by atoms with Gasteiger partial charge in [0.1, 0.15) is 12.1 Å². The molecular formula is C42H74N2O7. The van der Waals surface area contributed by atoms with E-state index < -0.39 is 24.5 Å². The number of esters is 1. The summed E-state index contributed by atoms with van der Waals surface area (Å²) in [5.74, 6) is -2.34. The largest absolute Gasteiger partial charge is 0.480 e. The Labute approximate surface area is 310 Å². The zero-order valence-electron chi connectivity index (χ0n) is 32.4. The third-order valence-corrected chi connectivity index (χ3v) is 8.86. The number of amides is 2. The van der Waals surface area contributed by atoms with Gasteiger partial charge in [-0.15, -0.1) is 0 Å². The molecule has 0 saturated carbocycles. The molecule has 0 saturated heterocycles. The van der Waals surface area contributed by atoms with Crippen molar-refractivity contribution in [3.8, 4) is 0 Å². The molecular weight excluding hydrogens is 644 g/mol. The lowest BCUT2D eigenvalue weighted by atomic mass is 10.0. The Morgan fingerprint density at radius 1 is 0.588 bits per heavy atom. The predicted molar refractivity (Wildman–Crippen MR) is 208 cm³/mol. The molecule has 0 rings (SSSR count). The average molecular weight is 719 g/mol. The second kappa shape index (κ2) is 36.8. The van der Waals surface area contributed by atoms with E-state index in [1.807, 2.05) is 0 Å². The van der Waals surface area contributed by atoms with Crippen LogP contribution in [0.4, 0.5) is 0 Å². The van der Waals surface area contributed by atoms with Crippen LogP contribution in [0.25, 0.3) is 0 Å². The fraction of sp³-hybridized carbons (Fsp3) is 0.762. The molecule has 0 aromatic rings. The summed E-state index contributed by atoms with van der Waals surface area (Å²) in [5.41, 5.74) is 0. The molecule has 51 heavy (non-hydrogen) atoms. The molecule has 0 heterocycles. The van der Waals surface area contributed by atoms with Crippen molar-refractivity contribution in [1.29, 1.82) is 0 Å². The van der Waals surface area contributed by atoms with Crippen molar-refractivity contribution >= 4 is 23.8 Å². The van der Waals surface area contributed by atoms with Crippen LogP contribution in [-0.4, -0.2) is 59.3 Å². The number of carboxylic acids is 1. The molecule has 9 nitrogen and oxygen atoms in total. The standard InChI is InChI=1S/C42H74N2O7/c1-3-5-7-9-11-13-15-17-19-21-26-30-34-41(48)51-37(31-27-23-20-18-16-14-12-10-8-6-4-2)32-28-24-22-25-29-33-39(46)43-35-40(47)44-38(36-45)42(49)50/h11-14,18,20,37-38,45H,3-10,15-17,19,21-36H2,1-2H3,(H,43,46)(H,44,47)(H,49,50)/b13-11-,14-12-,20-18-. The summed E-state index contributed by atoms with van der Waals surface area (Å²) < 4.78 is 5.98. The summed E-state index contributed by atoms with van der Waals surface area (Å²) in [6, 6.07) is -1.39. The van der Waals surface area contributed by atoms with Gasteiger partial charge in [0, 0.05) is 12.8 Å². The van der Waals surface area contributed by atoms with E-state index in [1.165, 1.54) is 57.8 Å². The summed E-state index contributed by atoms with van der Waals surface area (Å²) in [4.78, 5) is 47.4. The number of hydrogen-bond donors (Lipinski definition) is 4. The van der Waals surface area contributed by atoms with E-state index in [4.69, 9.17) is 14.9 Å². The Morgan fingerprint density at radius 2 is 1.08 bits per heavy atom. The van der Waals surface area contributed by atoms with E-state index in [9.17, 15) is 19.2 Å². The predicted octanol–water partition coefficient (Wildman–Crippen LogP) is 9.43. The van der Waals surface area contributed by atoms with Crippen LogP contribution in [0.2, 0.25) is 0 Å². The molecule has 0 bridgehead atoms. The van der Waals surface area contributed by atoms with E-state index in [1.54, 1.807) is 0 Å². The number of aliphatic hydroxyl groups excluding tert-OH is 1. The minimum absolute atomic E-state index is 0.0584. The van der Waals surface area contributed by atoms with Gasteiger partial charge in [-0.1, -0.05) is 115 Å². The molecule has 0 aliphatic rings. The first-order valence-corrected chi connectivity index (χ1v) is 20.4. The van der Waals surface area contributed by atoms with E-state index >= 15 is 0 Å². The molecule has 0 aromatic carbocycles. The van der Waals surface area contributed by atoms with Crippen molar-refractivity contribution in [3.63, 3.8) is 0 Å². The number of rotatable bonds is 36. The van der Waals surface area contributed by atoms with E-state index in [2.05, 4.69) is 60.9 Å². The van der Waals surface area contributed by atoms with Gasteiger partial charge in [0.15, 0.2) is 0 Å². The molecule has 0 aliphatic heterocycles. The molecule has 0 aromatic heterocycles. The van der Waals surface area contributed by atoms with Gasteiger partial charge in [-0.3, -0.25) is 14.4 Å². The van der Waals surface area contributed by atoms with E-state index in [-0.39, 0.29) is 30.9 Å². The van der Waals surface area contributed by atoms with Crippen LogP contribution in [0.1, 0.15) is 181 Å². The summed E-state index contributed by atoms with van der Waals surface area (Å²) in [5, 5.41) is 22.5. The van der Waals surface area contributed by atoms with E-state index in [0.717, 1.165) is 89.9 Å². The van der Waals surface area contributed by atoms with Gasteiger partial charge >= 0.3 is 11.9 Å². The number of nitrogens with one attached hydrogen (secondary N) is 2. The molecule has 0 aliphatic carbocycles. The van der Waals surface area contributed by atoms with Crippen molar-refractivity contribution in [2.45, 2.75) is 193 Å². The monoisotopic (exact) mass is 719 g/mol. The minimum atomic E-state index is -1.39. The highest BCUT2D eigenvalue weighted by Crippen LogP contribution is 2.17. The highest BCUT2D eigenvalue weighted by molar-refractivity contribution is 5.87. The Bertz CT molecular complexity index is 963. The number of unbranched alkanes of at least 4 members (excludes halogenated alkanes) is 16. The second-order valence-electron chi connectivity index (χ2n) is 13.7.